The van der Waals surface area contributed by atoms with Gasteiger partial charge in [-0.15, -0.1) is 5.73 Å². The zero-order valence-electron chi connectivity index (χ0n) is 23.5. The minimum Gasteiger partial charge on any atom is -0.372 e. The molecule has 0 bridgehead atoms. The highest BCUT2D eigenvalue weighted by Gasteiger charge is 2.21. The topological polar surface area (TPSA) is 53.4 Å². The van der Waals surface area contributed by atoms with Gasteiger partial charge in [-0.2, -0.15) is 0 Å². The maximum absolute atomic E-state index is 14.5. The van der Waals surface area contributed by atoms with Gasteiger partial charge in [0.25, 0.3) is 0 Å². The van der Waals surface area contributed by atoms with Gasteiger partial charge in [-0.25, -0.2) is 4.39 Å². The molecule has 6 heteroatoms. The summed E-state index contributed by atoms with van der Waals surface area (Å²) in [5.41, 5.74) is 7.97. The molecule has 0 saturated carbocycles. The molecule has 0 radical (unpaired) electrons. The quantitative estimate of drug-likeness (QED) is 0.173. The molecule has 198 valence electrons. The Morgan fingerprint density at radius 2 is 1.89 bits per heavy atom. The van der Waals surface area contributed by atoms with Crippen molar-refractivity contribution in [3.63, 3.8) is 0 Å². The molecule has 0 aliphatic rings. The van der Waals surface area contributed by atoms with Crippen LogP contribution in [0.1, 0.15) is 76.9 Å². The molecule has 0 atom stereocenters. The maximum Gasteiger partial charge on any atom is 0.147 e. The van der Waals surface area contributed by atoms with Crippen LogP contribution in [0.2, 0.25) is 0 Å². The molecule has 0 unspecified atom stereocenters. The Bertz CT molecular complexity index is 1170. The van der Waals surface area contributed by atoms with Gasteiger partial charge < -0.3 is 10.2 Å². The average molecular weight is 504 g/mol. The van der Waals surface area contributed by atoms with Gasteiger partial charge >= 0.3 is 0 Å². The van der Waals surface area contributed by atoms with Gasteiger partial charge in [0.05, 0.1) is 23.3 Å². The van der Waals surface area contributed by atoms with Crippen LogP contribution in [0.5, 0.6) is 0 Å². The number of halogens is 1. The first kappa shape index (κ1) is 29.7. The van der Waals surface area contributed by atoms with E-state index in [1.165, 1.54) is 19.5 Å². The maximum atomic E-state index is 14.5. The first-order valence-corrected chi connectivity index (χ1v) is 13.1. The van der Waals surface area contributed by atoms with Gasteiger partial charge in [-0.1, -0.05) is 26.5 Å². The number of alkyl halides is 1. The lowest BCUT2D eigenvalue weighted by atomic mass is 10.0. The highest BCUT2D eigenvalue weighted by atomic mass is 19.1. The number of nitrogens with one attached hydrogen (secondary N) is 1. The average Bonchev–Trinajstić information content (AvgIpc) is 2.88. The summed E-state index contributed by atoms with van der Waals surface area (Å²) in [6.45, 7) is 20.0. The van der Waals surface area contributed by atoms with Gasteiger partial charge in [0.15, 0.2) is 0 Å². The van der Waals surface area contributed by atoms with E-state index < -0.39 is 5.67 Å². The molecule has 0 spiro atoms. The summed E-state index contributed by atoms with van der Waals surface area (Å²) >= 11 is 0. The van der Waals surface area contributed by atoms with Gasteiger partial charge in [0, 0.05) is 60.1 Å². The highest BCUT2D eigenvalue weighted by Crippen LogP contribution is 2.27. The number of aliphatic imine (C=N–C) groups is 1. The number of pyridine rings is 2. The van der Waals surface area contributed by atoms with Crippen molar-refractivity contribution in [2.24, 2.45) is 4.99 Å². The SMILES string of the molecule is C=C=C(Nc1cnc(C)c(C(/C=N\CC)=C/C(=C/C)N(CCC)CCC)c1)c1ccnc(C(C)(C)F)c1. The van der Waals surface area contributed by atoms with E-state index >= 15 is 0 Å². The lowest BCUT2D eigenvalue weighted by Gasteiger charge is -2.25. The molecule has 5 nitrogen and oxygen atoms in total. The van der Waals surface area contributed by atoms with Crippen LogP contribution in [0.4, 0.5) is 10.1 Å². The van der Waals surface area contributed by atoms with Crippen LogP contribution >= 0.6 is 0 Å². The van der Waals surface area contributed by atoms with Crippen molar-refractivity contribution in [1.29, 1.82) is 0 Å². The van der Waals surface area contributed by atoms with E-state index in [4.69, 9.17) is 0 Å². The summed E-state index contributed by atoms with van der Waals surface area (Å²) in [5.74, 6) is 0. The molecule has 0 aromatic carbocycles. The monoisotopic (exact) mass is 503 g/mol. The van der Waals surface area contributed by atoms with Crippen molar-refractivity contribution < 1.29 is 4.39 Å². The smallest absolute Gasteiger partial charge is 0.147 e. The van der Waals surface area contributed by atoms with E-state index in [1.54, 1.807) is 18.5 Å². The zero-order chi connectivity index (χ0) is 27.4. The summed E-state index contributed by atoms with van der Waals surface area (Å²) in [6.07, 6.45) is 11.8. The molecule has 1 N–H and O–H groups in total. The molecule has 2 rings (SSSR count). The van der Waals surface area contributed by atoms with Gasteiger partial charge in [-0.3, -0.25) is 15.0 Å². The predicted octanol–water partition coefficient (Wildman–Crippen LogP) is 7.73. The molecule has 0 aliphatic carbocycles. The third-order valence-electron chi connectivity index (χ3n) is 5.87. The predicted molar refractivity (Wildman–Crippen MR) is 156 cm³/mol. The zero-order valence-corrected chi connectivity index (χ0v) is 23.5. The normalized spacial score (nSPS) is 12.5. The molecular weight excluding hydrogens is 461 g/mol. The largest absolute Gasteiger partial charge is 0.372 e. The summed E-state index contributed by atoms with van der Waals surface area (Å²) in [7, 11) is 0. The third-order valence-corrected chi connectivity index (χ3v) is 5.87. The lowest BCUT2D eigenvalue weighted by molar-refractivity contribution is 0.214. The van der Waals surface area contributed by atoms with E-state index in [1.807, 2.05) is 26.1 Å². The number of anilines is 1. The number of nitrogens with zero attached hydrogens (tertiary/aromatic N) is 4. The number of aromatic nitrogens is 2. The Kier molecular flexibility index (Phi) is 11.5. The summed E-state index contributed by atoms with van der Waals surface area (Å²) in [6, 6.07) is 5.59. The molecular formula is C31H42FN5. The second kappa shape index (κ2) is 14.3. The first-order valence-electron chi connectivity index (χ1n) is 13.1. The summed E-state index contributed by atoms with van der Waals surface area (Å²) in [4.78, 5) is 15.8. The molecule has 0 saturated heterocycles. The number of allylic oxidation sites excluding steroid dienone is 3. The lowest BCUT2D eigenvalue weighted by Crippen LogP contribution is -2.24. The third kappa shape index (κ3) is 8.54. The van der Waals surface area contributed by atoms with Crippen molar-refractivity contribution >= 4 is 23.2 Å². The Balaban J connectivity index is 2.51. The van der Waals surface area contributed by atoms with E-state index in [0.29, 0.717) is 17.9 Å². The van der Waals surface area contributed by atoms with Crippen molar-refractivity contribution in [2.45, 2.75) is 67.0 Å². The second-order valence-electron chi connectivity index (χ2n) is 9.36. The van der Waals surface area contributed by atoms with Crippen LogP contribution in [0.3, 0.4) is 0 Å². The minimum absolute atomic E-state index is 0.353. The van der Waals surface area contributed by atoms with Crippen molar-refractivity contribution in [3.8, 4) is 0 Å². The van der Waals surface area contributed by atoms with Crippen LogP contribution < -0.4 is 5.32 Å². The van der Waals surface area contributed by atoms with Crippen molar-refractivity contribution in [3.05, 3.63) is 83.3 Å². The number of hydrogen-bond donors (Lipinski definition) is 1. The van der Waals surface area contributed by atoms with E-state index in [-0.39, 0.29) is 0 Å². The van der Waals surface area contributed by atoms with Crippen LogP contribution in [0, 0.1) is 6.92 Å². The second-order valence-corrected chi connectivity index (χ2v) is 9.36. The molecule has 0 aliphatic heterocycles. The van der Waals surface area contributed by atoms with Crippen molar-refractivity contribution in [1.82, 2.24) is 14.9 Å². The molecule has 2 heterocycles. The number of hydrogen-bond acceptors (Lipinski definition) is 5. The highest BCUT2D eigenvalue weighted by molar-refractivity contribution is 6.11. The summed E-state index contributed by atoms with van der Waals surface area (Å²) in [5, 5.41) is 3.37. The fraction of sp³-hybridized carbons (Fsp3) is 0.419. The number of aryl methyl sites for hydroxylation is 1. The van der Waals surface area contributed by atoms with Crippen LogP contribution in [0.15, 0.2) is 65.7 Å². The Hall–Kier alpha value is -3.50. The molecule has 37 heavy (non-hydrogen) atoms. The fourth-order valence-electron chi connectivity index (χ4n) is 3.97. The van der Waals surface area contributed by atoms with Crippen LogP contribution in [-0.2, 0) is 5.67 Å². The standard InChI is InChI=1S/C31H42FN5/c1-9-16-37(17-10-2)27(11-3)18-25(21-33-13-5)28-20-26(22-35-23(28)6)36-29(12-4)24-14-15-34-30(19-24)31(7,8)32/h11,14-15,18-22,36H,4,9-10,13,16-17H2,1-3,5-8H3/b25-18+,27-11-,33-21-. The molecule has 2 aromatic heterocycles. The Labute approximate surface area is 222 Å². The van der Waals surface area contributed by atoms with Gasteiger partial charge in [-0.05, 0) is 71.7 Å². The molecule has 0 fully saturated rings. The van der Waals surface area contributed by atoms with E-state index in [2.05, 4.69) is 76.5 Å². The van der Waals surface area contributed by atoms with Gasteiger partial charge in [0.2, 0.25) is 0 Å². The number of rotatable bonds is 13. The first-order chi connectivity index (χ1) is 17.7. The van der Waals surface area contributed by atoms with E-state index in [9.17, 15) is 4.39 Å². The van der Waals surface area contributed by atoms with Crippen LogP contribution in [0.25, 0.3) is 11.3 Å². The van der Waals surface area contributed by atoms with E-state index in [0.717, 1.165) is 54.0 Å². The molecule has 2 aromatic rings. The Morgan fingerprint density at radius 3 is 2.46 bits per heavy atom. The Morgan fingerprint density at radius 1 is 1.19 bits per heavy atom. The molecule has 0 amide bonds. The van der Waals surface area contributed by atoms with Crippen LogP contribution in [-0.4, -0.2) is 40.7 Å². The summed E-state index contributed by atoms with van der Waals surface area (Å²) < 4.78 is 14.5. The van der Waals surface area contributed by atoms with Gasteiger partial charge in [0.1, 0.15) is 5.67 Å². The minimum atomic E-state index is -1.55. The fourth-order valence-corrected chi connectivity index (χ4v) is 3.97. The van der Waals surface area contributed by atoms with Crippen molar-refractivity contribution in [2.75, 3.05) is 25.0 Å².